The number of hydrogen-bond donors (Lipinski definition) is 0. The van der Waals surface area contributed by atoms with Crippen molar-refractivity contribution in [2.24, 2.45) is 0 Å². The van der Waals surface area contributed by atoms with Crippen molar-refractivity contribution in [3.05, 3.63) is 204 Å². The van der Waals surface area contributed by atoms with Crippen LogP contribution in [0.2, 0.25) is 0 Å². The minimum absolute atomic E-state index is 0.0733. The summed E-state index contributed by atoms with van der Waals surface area (Å²) in [6.07, 6.45) is 0. The SMILES string of the molecule is Cc1cccc2c1N1c3cccc(-c4ccc(-c5ccc(N(c6ccccc6)c6ccc7c(c6)C(C)(C)c6ccccc6-7)cc5)cc4)c3C(C)(C)c3cccc(c31)O2. The Balaban J connectivity index is 0.950. The monoisotopic (exact) mass is 748 g/mol. The highest BCUT2D eigenvalue weighted by Crippen LogP contribution is 2.61. The van der Waals surface area contributed by atoms with Gasteiger partial charge in [-0.2, -0.15) is 0 Å². The Morgan fingerprint density at radius 3 is 1.78 bits per heavy atom. The van der Waals surface area contributed by atoms with E-state index in [0.29, 0.717) is 0 Å². The second-order valence-electron chi connectivity index (χ2n) is 17.0. The van der Waals surface area contributed by atoms with E-state index in [1.54, 1.807) is 0 Å². The van der Waals surface area contributed by atoms with Gasteiger partial charge in [0, 0.05) is 27.9 Å². The molecule has 0 saturated carbocycles. The van der Waals surface area contributed by atoms with Crippen molar-refractivity contribution in [2.45, 2.75) is 45.4 Å². The Morgan fingerprint density at radius 1 is 0.431 bits per heavy atom. The zero-order chi connectivity index (χ0) is 39.3. The maximum atomic E-state index is 6.54. The molecule has 3 nitrogen and oxygen atoms in total. The number of rotatable bonds is 5. The van der Waals surface area contributed by atoms with Crippen LogP contribution in [-0.2, 0) is 10.8 Å². The molecule has 1 aliphatic carbocycles. The van der Waals surface area contributed by atoms with E-state index >= 15 is 0 Å². The van der Waals surface area contributed by atoms with Crippen molar-refractivity contribution < 1.29 is 4.74 Å². The van der Waals surface area contributed by atoms with E-state index in [1.807, 2.05) is 0 Å². The maximum absolute atomic E-state index is 6.54. The van der Waals surface area contributed by atoms with Gasteiger partial charge in [0.15, 0.2) is 11.5 Å². The number of anilines is 6. The molecule has 8 aromatic rings. The first-order chi connectivity index (χ1) is 28.2. The molecule has 3 aliphatic rings. The van der Waals surface area contributed by atoms with Crippen LogP contribution in [0.25, 0.3) is 33.4 Å². The lowest BCUT2D eigenvalue weighted by molar-refractivity contribution is 0.471. The van der Waals surface area contributed by atoms with E-state index in [1.165, 1.54) is 66.9 Å². The maximum Gasteiger partial charge on any atom is 0.151 e. The molecular formula is C55H44N2O. The first-order valence-electron chi connectivity index (χ1n) is 20.4. The van der Waals surface area contributed by atoms with Crippen LogP contribution in [0.5, 0.6) is 11.5 Å². The quantitative estimate of drug-likeness (QED) is 0.174. The topological polar surface area (TPSA) is 15.7 Å². The van der Waals surface area contributed by atoms with Crippen LogP contribution in [0.1, 0.15) is 55.5 Å². The van der Waals surface area contributed by atoms with Crippen molar-refractivity contribution in [3.8, 4) is 44.9 Å². The van der Waals surface area contributed by atoms with Crippen LogP contribution in [0.15, 0.2) is 176 Å². The number of benzene rings is 8. The van der Waals surface area contributed by atoms with E-state index in [9.17, 15) is 0 Å². The summed E-state index contributed by atoms with van der Waals surface area (Å²) in [7, 11) is 0. The third kappa shape index (κ3) is 4.99. The zero-order valence-corrected chi connectivity index (χ0v) is 33.5. The lowest BCUT2D eigenvalue weighted by atomic mass is 9.70. The average Bonchev–Trinajstić information content (AvgIpc) is 3.48. The first-order valence-corrected chi connectivity index (χ1v) is 20.4. The van der Waals surface area contributed by atoms with Crippen LogP contribution in [-0.4, -0.2) is 0 Å². The molecule has 280 valence electrons. The molecular weight excluding hydrogens is 705 g/mol. The molecule has 3 heteroatoms. The third-order valence-corrected chi connectivity index (χ3v) is 12.9. The molecule has 0 N–H and O–H groups in total. The molecule has 0 atom stereocenters. The minimum Gasteiger partial charge on any atom is -0.453 e. The molecule has 0 amide bonds. The molecule has 0 spiro atoms. The summed E-state index contributed by atoms with van der Waals surface area (Å²) >= 11 is 0. The van der Waals surface area contributed by atoms with Crippen LogP contribution in [0, 0.1) is 6.92 Å². The Hall–Kier alpha value is -6.84. The third-order valence-electron chi connectivity index (χ3n) is 12.9. The molecule has 2 heterocycles. The number of aryl methyl sites for hydroxylation is 1. The van der Waals surface area contributed by atoms with E-state index < -0.39 is 0 Å². The molecule has 11 rings (SSSR count). The fraction of sp³-hybridized carbons (Fsp3) is 0.127. The van der Waals surface area contributed by atoms with E-state index in [2.05, 4.69) is 220 Å². The molecule has 0 aromatic heterocycles. The summed E-state index contributed by atoms with van der Waals surface area (Å²) in [5.41, 5.74) is 20.6. The molecule has 0 unspecified atom stereocenters. The Labute approximate surface area is 341 Å². The molecule has 0 bridgehead atoms. The van der Waals surface area contributed by atoms with Crippen molar-refractivity contribution in [1.29, 1.82) is 0 Å². The summed E-state index contributed by atoms with van der Waals surface area (Å²) in [4.78, 5) is 4.82. The van der Waals surface area contributed by atoms with Gasteiger partial charge >= 0.3 is 0 Å². The van der Waals surface area contributed by atoms with Gasteiger partial charge in [0.25, 0.3) is 0 Å². The summed E-state index contributed by atoms with van der Waals surface area (Å²) in [5, 5.41) is 0. The average molecular weight is 749 g/mol. The summed E-state index contributed by atoms with van der Waals surface area (Å²) in [6.45, 7) is 11.6. The molecule has 2 aliphatic heterocycles. The lowest BCUT2D eigenvalue weighted by Gasteiger charge is -2.46. The summed E-state index contributed by atoms with van der Waals surface area (Å²) in [5.74, 6) is 1.80. The molecule has 0 saturated heterocycles. The number of ether oxygens (including phenoxy) is 1. The van der Waals surface area contributed by atoms with Gasteiger partial charge in [0.2, 0.25) is 0 Å². The predicted octanol–water partition coefficient (Wildman–Crippen LogP) is 15.3. The van der Waals surface area contributed by atoms with Gasteiger partial charge in [-0.05, 0) is 123 Å². The largest absolute Gasteiger partial charge is 0.453 e. The highest BCUT2D eigenvalue weighted by molar-refractivity contribution is 5.97. The smallest absolute Gasteiger partial charge is 0.151 e. The number of para-hydroxylation sites is 3. The van der Waals surface area contributed by atoms with Crippen LogP contribution >= 0.6 is 0 Å². The lowest BCUT2D eigenvalue weighted by Crippen LogP contribution is -2.33. The number of fused-ring (bicyclic) bond motifs is 7. The van der Waals surface area contributed by atoms with Crippen molar-refractivity contribution in [3.63, 3.8) is 0 Å². The standard InChI is InChI=1S/C55H44N2O/c1-35-14-11-22-49-52(35)57-48-21-12-18-42(51(48)55(4,5)46-20-13-23-50(58-49)53(46)57)38-26-24-36(25-27-38)37-28-30-40(31-29-37)56(39-15-7-6-8-16-39)41-32-33-44-43-17-9-10-19-45(43)54(2,3)47(44)34-41/h6-34H,1-5H3. The van der Waals surface area contributed by atoms with Gasteiger partial charge < -0.3 is 14.5 Å². The minimum atomic E-state index is -0.255. The number of hydrogen-bond acceptors (Lipinski definition) is 3. The molecule has 58 heavy (non-hydrogen) atoms. The van der Waals surface area contributed by atoms with Crippen LogP contribution in [0.3, 0.4) is 0 Å². The Bertz CT molecular complexity index is 2920. The number of nitrogens with zero attached hydrogens (tertiary/aromatic N) is 2. The highest BCUT2D eigenvalue weighted by atomic mass is 16.5. The van der Waals surface area contributed by atoms with E-state index in [-0.39, 0.29) is 10.8 Å². The van der Waals surface area contributed by atoms with E-state index in [4.69, 9.17) is 4.74 Å². The Morgan fingerprint density at radius 2 is 1.00 bits per heavy atom. The van der Waals surface area contributed by atoms with Gasteiger partial charge in [-0.1, -0.05) is 149 Å². The van der Waals surface area contributed by atoms with Gasteiger partial charge in [-0.25, -0.2) is 0 Å². The van der Waals surface area contributed by atoms with Gasteiger partial charge in [0.1, 0.15) is 0 Å². The predicted molar refractivity (Wildman–Crippen MR) is 241 cm³/mol. The van der Waals surface area contributed by atoms with Gasteiger partial charge in [0.05, 0.1) is 17.1 Å². The fourth-order valence-corrected chi connectivity index (χ4v) is 10.1. The highest BCUT2D eigenvalue weighted by Gasteiger charge is 2.43. The van der Waals surface area contributed by atoms with Crippen molar-refractivity contribution in [1.82, 2.24) is 0 Å². The van der Waals surface area contributed by atoms with Crippen LogP contribution < -0.4 is 14.5 Å². The zero-order valence-electron chi connectivity index (χ0n) is 33.5. The van der Waals surface area contributed by atoms with Gasteiger partial charge in [-0.3, -0.25) is 0 Å². The molecule has 8 aromatic carbocycles. The van der Waals surface area contributed by atoms with Crippen molar-refractivity contribution in [2.75, 3.05) is 9.80 Å². The van der Waals surface area contributed by atoms with Crippen molar-refractivity contribution >= 4 is 34.1 Å². The second-order valence-corrected chi connectivity index (χ2v) is 17.0. The molecule has 0 fully saturated rings. The van der Waals surface area contributed by atoms with Crippen LogP contribution in [0.4, 0.5) is 34.1 Å². The fourth-order valence-electron chi connectivity index (χ4n) is 10.1. The second kappa shape index (κ2) is 12.6. The van der Waals surface area contributed by atoms with Gasteiger partial charge in [-0.15, -0.1) is 0 Å². The summed E-state index contributed by atoms with van der Waals surface area (Å²) in [6, 6.07) is 64.3. The molecule has 0 radical (unpaired) electrons. The first kappa shape index (κ1) is 34.4. The summed E-state index contributed by atoms with van der Waals surface area (Å²) < 4.78 is 6.54. The Kier molecular flexibility index (Phi) is 7.46. The normalized spacial score (nSPS) is 14.7. The van der Waals surface area contributed by atoms with E-state index in [0.717, 1.165) is 39.9 Å².